The molecule has 2 nitrogen and oxygen atoms in total. The number of unbranched alkanes of at least 4 members (excludes halogenated alkanes) is 48. The summed E-state index contributed by atoms with van der Waals surface area (Å²) in [7, 11) is 0. The summed E-state index contributed by atoms with van der Waals surface area (Å²) in [5, 5.41) is 0. The summed E-state index contributed by atoms with van der Waals surface area (Å²) in [6.07, 6.45) is 76.9. The van der Waals surface area contributed by atoms with Crippen molar-refractivity contribution in [3.63, 3.8) is 0 Å². The van der Waals surface area contributed by atoms with Gasteiger partial charge in [0.1, 0.15) is 0 Å². The number of carbonyl (C=O) groups is 1. The Morgan fingerprint density at radius 2 is 0.467 bits per heavy atom. The predicted molar refractivity (Wildman–Crippen MR) is 272 cm³/mol. The lowest BCUT2D eigenvalue weighted by atomic mass is 10.0. The Kier molecular flexibility index (Phi) is 55.5. The fourth-order valence-corrected chi connectivity index (χ4v) is 9.14. The molecule has 0 heterocycles. The molecule has 0 aliphatic heterocycles. The molecule has 0 aromatic carbocycles. The van der Waals surface area contributed by atoms with Gasteiger partial charge in [-0.05, 0) is 38.5 Å². The summed E-state index contributed by atoms with van der Waals surface area (Å²) >= 11 is 0. The molecule has 0 radical (unpaired) electrons. The van der Waals surface area contributed by atoms with E-state index in [9.17, 15) is 4.79 Å². The first kappa shape index (κ1) is 59.2. The Hall–Kier alpha value is -0.790. The Bertz CT molecular complexity index is 788. The second-order valence-corrected chi connectivity index (χ2v) is 19.6. The highest BCUT2D eigenvalue weighted by Crippen LogP contribution is 2.18. The summed E-state index contributed by atoms with van der Waals surface area (Å²) in [6, 6.07) is 0. The van der Waals surface area contributed by atoms with Crippen LogP contribution in [0.5, 0.6) is 0 Å². The lowest BCUT2D eigenvalue weighted by Gasteiger charge is -2.06. The van der Waals surface area contributed by atoms with Crippen LogP contribution in [0.15, 0.2) is 12.2 Å². The van der Waals surface area contributed by atoms with Gasteiger partial charge in [0, 0.05) is 6.42 Å². The number of hydrogen-bond donors (Lipinski definition) is 0. The third kappa shape index (κ3) is 55.2. The average Bonchev–Trinajstić information content (AvgIpc) is 3.25. The van der Waals surface area contributed by atoms with Crippen LogP contribution in [0.25, 0.3) is 0 Å². The highest BCUT2D eigenvalue weighted by Gasteiger charge is 2.03. The van der Waals surface area contributed by atoms with Gasteiger partial charge in [-0.2, -0.15) is 0 Å². The van der Waals surface area contributed by atoms with Crippen molar-refractivity contribution < 1.29 is 9.53 Å². The van der Waals surface area contributed by atoms with E-state index in [1.54, 1.807) is 0 Å². The van der Waals surface area contributed by atoms with Crippen LogP contribution in [0.1, 0.15) is 348 Å². The van der Waals surface area contributed by atoms with Gasteiger partial charge < -0.3 is 4.74 Å². The van der Waals surface area contributed by atoms with E-state index in [4.69, 9.17) is 4.74 Å². The maximum absolute atomic E-state index is 12.0. The van der Waals surface area contributed by atoms with Crippen molar-refractivity contribution in [2.75, 3.05) is 6.61 Å². The van der Waals surface area contributed by atoms with Crippen molar-refractivity contribution in [2.24, 2.45) is 0 Å². The molecule has 358 valence electrons. The van der Waals surface area contributed by atoms with Crippen molar-refractivity contribution in [1.82, 2.24) is 0 Å². The Morgan fingerprint density at radius 1 is 0.267 bits per heavy atom. The molecule has 0 aliphatic carbocycles. The molecular formula is C58H114O2. The van der Waals surface area contributed by atoms with E-state index in [1.807, 2.05) is 0 Å². The van der Waals surface area contributed by atoms with Crippen LogP contribution in [0.3, 0.4) is 0 Å². The van der Waals surface area contributed by atoms with Gasteiger partial charge in [0.25, 0.3) is 0 Å². The number of esters is 1. The van der Waals surface area contributed by atoms with Crippen molar-refractivity contribution in [1.29, 1.82) is 0 Å². The first-order chi connectivity index (χ1) is 29.8. The number of ether oxygens (including phenoxy) is 1. The first-order valence-electron chi connectivity index (χ1n) is 28.6. The number of allylic oxidation sites excluding steroid dienone is 2. The van der Waals surface area contributed by atoms with E-state index in [0.29, 0.717) is 13.0 Å². The quantitative estimate of drug-likeness (QED) is 0.0346. The van der Waals surface area contributed by atoms with E-state index in [0.717, 1.165) is 19.3 Å². The molecule has 0 aliphatic rings. The van der Waals surface area contributed by atoms with Crippen LogP contribution >= 0.6 is 0 Å². The van der Waals surface area contributed by atoms with Crippen LogP contribution in [0.2, 0.25) is 0 Å². The van der Waals surface area contributed by atoms with Crippen molar-refractivity contribution >= 4 is 5.97 Å². The van der Waals surface area contributed by atoms with Crippen molar-refractivity contribution in [3.05, 3.63) is 12.2 Å². The van der Waals surface area contributed by atoms with Crippen molar-refractivity contribution in [2.45, 2.75) is 348 Å². The van der Waals surface area contributed by atoms with E-state index >= 15 is 0 Å². The zero-order chi connectivity index (χ0) is 43.2. The summed E-state index contributed by atoms with van der Waals surface area (Å²) in [5.41, 5.74) is 0. The van der Waals surface area contributed by atoms with Crippen LogP contribution in [-0.4, -0.2) is 12.6 Å². The first-order valence-corrected chi connectivity index (χ1v) is 28.6. The second-order valence-electron chi connectivity index (χ2n) is 19.6. The van der Waals surface area contributed by atoms with E-state index in [2.05, 4.69) is 26.0 Å². The van der Waals surface area contributed by atoms with E-state index in [-0.39, 0.29) is 5.97 Å². The van der Waals surface area contributed by atoms with Gasteiger partial charge in [-0.3, -0.25) is 4.79 Å². The molecule has 0 amide bonds. The fourth-order valence-electron chi connectivity index (χ4n) is 9.14. The molecule has 0 unspecified atom stereocenters. The summed E-state index contributed by atoms with van der Waals surface area (Å²) in [6.45, 7) is 5.22. The summed E-state index contributed by atoms with van der Waals surface area (Å²) < 4.78 is 5.49. The zero-order valence-electron chi connectivity index (χ0n) is 41.9. The molecule has 0 atom stereocenters. The molecule has 60 heavy (non-hydrogen) atoms. The summed E-state index contributed by atoms with van der Waals surface area (Å²) in [4.78, 5) is 12.0. The van der Waals surface area contributed by atoms with Gasteiger partial charge in [-0.25, -0.2) is 0 Å². The van der Waals surface area contributed by atoms with Gasteiger partial charge in [0.2, 0.25) is 0 Å². The van der Waals surface area contributed by atoms with Gasteiger partial charge in [-0.15, -0.1) is 0 Å². The minimum atomic E-state index is 0.0224. The molecule has 0 rings (SSSR count). The molecule has 0 saturated carbocycles. The largest absolute Gasteiger partial charge is 0.466 e. The standard InChI is InChI=1S/C58H114O2/c1-3-5-7-9-11-13-15-17-19-20-21-22-23-24-25-26-27-28-29-30-31-32-33-34-35-36-37-38-39-40-41-43-45-47-49-51-53-55-57-60-58(59)56-54-52-50-48-46-44-42-18-16-14-12-10-8-6-4-2/h18,42H,3-17,19-41,43-57H2,1-2H3/b42-18-. The smallest absolute Gasteiger partial charge is 0.305 e. The van der Waals surface area contributed by atoms with Crippen LogP contribution in [-0.2, 0) is 9.53 Å². The lowest BCUT2D eigenvalue weighted by molar-refractivity contribution is -0.143. The maximum Gasteiger partial charge on any atom is 0.305 e. The van der Waals surface area contributed by atoms with Gasteiger partial charge in [-0.1, -0.05) is 315 Å². The number of rotatable bonds is 54. The number of hydrogen-bond acceptors (Lipinski definition) is 2. The molecule has 2 heteroatoms. The Labute approximate surface area is 380 Å². The average molecular weight is 844 g/mol. The maximum atomic E-state index is 12.0. The molecule has 0 N–H and O–H groups in total. The van der Waals surface area contributed by atoms with Gasteiger partial charge in [0.05, 0.1) is 6.61 Å². The molecular weight excluding hydrogens is 729 g/mol. The SMILES string of the molecule is CCCCCCCC/C=C\CCCCCCCC(=O)OCCCCCCCCCCCCCCCCCCCCCCCCCCCCCCCCCCCCCCCC. The van der Waals surface area contributed by atoms with E-state index < -0.39 is 0 Å². The highest BCUT2D eigenvalue weighted by atomic mass is 16.5. The third-order valence-corrected chi connectivity index (χ3v) is 13.4. The minimum Gasteiger partial charge on any atom is -0.466 e. The molecule has 0 saturated heterocycles. The number of carbonyl (C=O) groups excluding carboxylic acids is 1. The summed E-state index contributed by atoms with van der Waals surface area (Å²) in [5.74, 6) is 0.0224. The minimum absolute atomic E-state index is 0.0224. The molecule has 0 aromatic heterocycles. The topological polar surface area (TPSA) is 26.3 Å². The third-order valence-electron chi connectivity index (χ3n) is 13.4. The van der Waals surface area contributed by atoms with Crippen LogP contribution < -0.4 is 0 Å². The zero-order valence-corrected chi connectivity index (χ0v) is 41.9. The fraction of sp³-hybridized carbons (Fsp3) is 0.948. The van der Waals surface area contributed by atoms with Crippen LogP contribution in [0.4, 0.5) is 0 Å². The molecule has 0 spiro atoms. The van der Waals surface area contributed by atoms with Gasteiger partial charge in [0.15, 0.2) is 0 Å². The van der Waals surface area contributed by atoms with E-state index in [1.165, 1.54) is 308 Å². The monoisotopic (exact) mass is 843 g/mol. The molecule has 0 bridgehead atoms. The Morgan fingerprint density at radius 3 is 0.717 bits per heavy atom. The molecule has 0 aromatic rings. The van der Waals surface area contributed by atoms with Gasteiger partial charge >= 0.3 is 5.97 Å². The Balaban J connectivity index is 3.14. The molecule has 0 fully saturated rings. The predicted octanol–water partition coefficient (Wildman–Crippen LogP) is 21.4. The van der Waals surface area contributed by atoms with Crippen molar-refractivity contribution in [3.8, 4) is 0 Å². The lowest BCUT2D eigenvalue weighted by Crippen LogP contribution is -2.05. The van der Waals surface area contributed by atoms with Crippen LogP contribution in [0, 0.1) is 0 Å². The highest BCUT2D eigenvalue weighted by molar-refractivity contribution is 5.69. The second kappa shape index (κ2) is 56.2. The normalized spacial score (nSPS) is 11.7.